The molecule has 0 rings (SSSR count). The van der Waals surface area contributed by atoms with Gasteiger partial charge >= 0.3 is 5.97 Å². The first kappa shape index (κ1) is 17.6. The predicted molar refractivity (Wildman–Crippen MR) is 73.7 cm³/mol. The van der Waals surface area contributed by atoms with Crippen LogP contribution in [0, 0.1) is 5.41 Å². The van der Waals surface area contributed by atoms with Crippen LogP contribution in [0.4, 0.5) is 0 Å². The Kier molecular flexibility index (Phi) is 8.07. The standard InChI is InChI=1S/C14H25NO4/c1-6-14(4,5)13(17)15-7-8-18-9-10-19-12(16)11(2)3/h2,6-10H2,1,3-5H3,(H,15,17). The van der Waals surface area contributed by atoms with Gasteiger partial charge in [0, 0.05) is 17.5 Å². The fourth-order valence-corrected chi connectivity index (χ4v) is 1.06. The molecule has 0 spiro atoms. The molecule has 0 bridgehead atoms. The minimum atomic E-state index is -0.415. The number of ether oxygens (including phenoxy) is 2. The molecule has 0 saturated carbocycles. The molecule has 0 aromatic heterocycles. The summed E-state index contributed by atoms with van der Waals surface area (Å²) in [6, 6.07) is 0. The van der Waals surface area contributed by atoms with Gasteiger partial charge in [0.05, 0.1) is 13.2 Å². The number of esters is 1. The second-order valence-electron chi connectivity index (χ2n) is 5.02. The van der Waals surface area contributed by atoms with Crippen LogP contribution in [0.5, 0.6) is 0 Å². The van der Waals surface area contributed by atoms with Gasteiger partial charge in [-0.3, -0.25) is 4.79 Å². The number of nitrogens with one attached hydrogen (secondary N) is 1. The van der Waals surface area contributed by atoms with Crippen molar-refractivity contribution in [3.05, 3.63) is 12.2 Å². The maximum atomic E-state index is 11.7. The van der Waals surface area contributed by atoms with Gasteiger partial charge in [-0.25, -0.2) is 4.79 Å². The predicted octanol–water partition coefficient (Wildman–Crippen LogP) is 1.67. The van der Waals surface area contributed by atoms with Gasteiger partial charge in [0.25, 0.3) is 0 Å². The molecule has 0 aliphatic rings. The van der Waals surface area contributed by atoms with Crippen LogP contribution in [0.25, 0.3) is 0 Å². The zero-order valence-corrected chi connectivity index (χ0v) is 12.4. The van der Waals surface area contributed by atoms with Gasteiger partial charge in [0.15, 0.2) is 0 Å². The van der Waals surface area contributed by atoms with Gasteiger partial charge in [-0.05, 0) is 13.3 Å². The zero-order valence-electron chi connectivity index (χ0n) is 12.4. The average molecular weight is 271 g/mol. The molecule has 1 amide bonds. The number of rotatable bonds is 9. The summed E-state index contributed by atoms with van der Waals surface area (Å²) in [5, 5.41) is 2.81. The lowest BCUT2D eigenvalue weighted by molar-refractivity contribution is -0.140. The minimum absolute atomic E-state index is 0.0207. The molecule has 0 aliphatic carbocycles. The van der Waals surface area contributed by atoms with E-state index in [1.807, 2.05) is 20.8 Å². The van der Waals surface area contributed by atoms with Crippen LogP contribution in [0.15, 0.2) is 12.2 Å². The highest BCUT2D eigenvalue weighted by Gasteiger charge is 2.24. The highest BCUT2D eigenvalue weighted by atomic mass is 16.6. The molecular formula is C14H25NO4. The summed E-state index contributed by atoms with van der Waals surface area (Å²) in [6.07, 6.45) is 0.788. The fourth-order valence-electron chi connectivity index (χ4n) is 1.06. The van der Waals surface area contributed by atoms with E-state index in [0.717, 1.165) is 6.42 Å². The molecule has 0 fully saturated rings. The summed E-state index contributed by atoms with van der Waals surface area (Å²) in [6.45, 7) is 12.2. The van der Waals surface area contributed by atoms with Crippen LogP contribution in [0.3, 0.4) is 0 Å². The molecule has 0 atom stereocenters. The van der Waals surface area contributed by atoms with E-state index >= 15 is 0 Å². The first-order chi connectivity index (χ1) is 8.81. The third-order valence-corrected chi connectivity index (χ3v) is 2.84. The first-order valence-corrected chi connectivity index (χ1v) is 6.50. The summed E-state index contributed by atoms with van der Waals surface area (Å²) in [7, 11) is 0. The van der Waals surface area contributed by atoms with Crippen molar-refractivity contribution in [1.82, 2.24) is 5.32 Å². The van der Waals surface area contributed by atoms with Crippen molar-refractivity contribution in [2.45, 2.75) is 34.1 Å². The molecule has 0 saturated heterocycles. The largest absolute Gasteiger partial charge is 0.460 e. The third kappa shape index (κ3) is 7.62. The van der Waals surface area contributed by atoms with Gasteiger partial charge in [-0.15, -0.1) is 0 Å². The Morgan fingerprint density at radius 3 is 2.37 bits per heavy atom. The zero-order chi connectivity index (χ0) is 14.9. The fraction of sp³-hybridized carbons (Fsp3) is 0.714. The van der Waals surface area contributed by atoms with E-state index in [4.69, 9.17) is 9.47 Å². The molecule has 5 heteroatoms. The van der Waals surface area contributed by atoms with Crippen LogP contribution in [0.2, 0.25) is 0 Å². The molecule has 0 unspecified atom stereocenters. The highest BCUT2D eigenvalue weighted by molar-refractivity contribution is 5.86. The van der Waals surface area contributed by atoms with Crippen molar-refractivity contribution in [1.29, 1.82) is 0 Å². The van der Waals surface area contributed by atoms with E-state index in [2.05, 4.69) is 11.9 Å². The summed E-state index contributed by atoms with van der Waals surface area (Å²) < 4.78 is 10.1. The van der Waals surface area contributed by atoms with Crippen molar-refractivity contribution in [2.75, 3.05) is 26.4 Å². The van der Waals surface area contributed by atoms with Crippen molar-refractivity contribution in [3.63, 3.8) is 0 Å². The van der Waals surface area contributed by atoms with Crippen molar-refractivity contribution in [3.8, 4) is 0 Å². The number of carbonyl (C=O) groups excluding carboxylic acids is 2. The van der Waals surface area contributed by atoms with Gasteiger partial charge in [0.2, 0.25) is 5.91 Å². The van der Waals surface area contributed by atoms with Gasteiger partial charge < -0.3 is 14.8 Å². The smallest absolute Gasteiger partial charge is 0.333 e. The Morgan fingerprint density at radius 2 is 1.84 bits per heavy atom. The molecule has 110 valence electrons. The molecule has 0 aliphatic heterocycles. The van der Waals surface area contributed by atoms with Crippen molar-refractivity contribution < 1.29 is 19.1 Å². The quantitative estimate of drug-likeness (QED) is 0.393. The highest BCUT2D eigenvalue weighted by Crippen LogP contribution is 2.18. The minimum Gasteiger partial charge on any atom is -0.460 e. The third-order valence-electron chi connectivity index (χ3n) is 2.84. The van der Waals surface area contributed by atoms with Crippen LogP contribution in [0.1, 0.15) is 34.1 Å². The number of hydrogen-bond donors (Lipinski definition) is 1. The second-order valence-corrected chi connectivity index (χ2v) is 5.02. The van der Waals surface area contributed by atoms with E-state index in [-0.39, 0.29) is 17.9 Å². The molecule has 5 nitrogen and oxygen atoms in total. The molecule has 0 radical (unpaired) electrons. The second kappa shape index (κ2) is 8.69. The molecular weight excluding hydrogens is 246 g/mol. The van der Waals surface area contributed by atoms with Gasteiger partial charge in [-0.1, -0.05) is 27.4 Å². The van der Waals surface area contributed by atoms with Crippen LogP contribution in [-0.4, -0.2) is 38.2 Å². The van der Waals surface area contributed by atoms with Gasteiger partial charge in [0.1, 0.15) is 6.61 Å². The normalized spacial score (nSPS) is 10.9. The Labute approximate surface area is 115 Å². The van der Waals surface area contributed by atoms with Crippen molar-refractivity contribution >= 4 is 11.9 Å². The van der Waals surface area contributed by atoms with E-state index in [1.54, 1.807) is 6.92 Å². The monoisotopic (exact) mass is 271 g/mol. The van der Waals surface area contributed by atoms with E-state index in [0.29, 0.717) is 25.3 Å². The molecule has 19 heavy (non-hydrogen) atoms. The Morgan fingerprint density at radius 1 is 1.21 bits per heavy atom. The lowest BCUT2D eigenvalue weighted by Crippen LogP contribution is -2.38. The molecule has 0 heterocycles. The van der Waals surface area contributed by atoms with Crippen molar-refractivity contribution in [2.24, 2.45) is 5.41 Å². The Balaban J connectivity index is 3.54. The topological polar surface area (TPSA) is 64.6 Å². The first-order valence-electron chi connectivity index (χ1n) is 6.50. The van der Waals surface area contributed by atoms with Crippen LogP contribution >= 0.6 is 0 Å². The number of amides is 1. The maximum absolute atomic E-state index is 11.7. The van der Waals surface area contributed by atoms with Gasteiger partial charge in [-0.2, -0.15) is 0 Å². The SMILES string of the molecule is C=C(C)C(=O)OCCOCCNC(=O)C(C)(C)CC. The summed E-state index contributed by atoms with van der Waals surface area (Å²) in [4.78, 5) is 22.7. The average Bonchev–Trinajstić information content (AvgIpc) is 2.36. The van der Waals surface area contributed by atoms with E-state index in [9.17, 15) is 9.59 Å². The van der Waals surface area contributed by atoms with E-state index in [1.165, 1.54) is 0 Å². The van der Waals surface area contributed by atoms with Crippen LogP contribution in [-0.2, 0) is 19.1 Å². The number of carbonyl (C=O) groups is 2. The lowest BCUT2D eigenvalue weighted by Gasteiger charge is -2.21. The Hall–Kier alpha value is -1.36. The Bertz CT molecular complexity index is 323. The number of hydrogen-bond acceptors (Lipinski definition) is 4. The molecule has 1 N–H and O–H groups in total. The molecule has 0 aromatic carbocycles. The summed E-state index contributed by atoms with van der Waals surface area (Å²) in [5.41, 5.74) is 0.0193. The van der Waals surface area contributed by atoms with E-state index < -0.39 is 5.97 Å². The lowest BCUT2D eigenvalue weighted by atomic mass is 9.89. The summed E-state index contributed by atoms with van der Waals surface area (Å²) in [5.74, 6) is -0.395. The molecule has 0 aromatic rings. The summed E-state index contributed by atoms with van der Waals surface area (Å²) >= 11 is 0. The van der Waals surface area contributed by atoms with Crippen LogP contribution < -0.4 is 5.32 Å². The maximum Gasteiger partial charge on any atom is 0.333 e.